The third kappa shape index (κ3) is 5.52. The van der Waals surface area contributed by atoms with E-state index < -0.39 is 27.8 Å². The molecule has 2 aliphatic rings. The van der Waals surface area contributed by atoms with Crippen LogP contribution in [-0.2, 0) is 19.6 Å². The lowest BCUT2D eigenvalue weighted by Gasteiger charge is -2.21. The Bertz CT molecular complexity index is 1430. The van der Waals surface area contributed by atoms with Crippen molar-refractivity contribution in [2.75, 3.05) is 25.5 Å². The lowest BCUT2D eigenvalue weighted by molar-refractivity contribution is -0.141. The van der Waals surface area contributed by atoms with Gasteiger partial charge in [-0.25, -0.2) is 18.4 Å². The highest BCUT2D eigenvalue weighted by Gasteiger charge is 2.36. The van der Waals surface area contributed by atoms with E-state index >= 15 is 0 Å². The molecule has 1 aliphatic carbocycles. The summed E-state index contributed by atoms with van der Waals surface area (Å²) >= 11 is 1.27. The van der Waals surface area contributed by atoms with Gasteiger partial charge in [0.15, 0.2) is 5.13 Å². The van der Waals surface area contributed by atoms with E-state index in [1.165, 1.54) is 27.8 Å². The number of hydrogen-bond acceptors (Lipinski definition) is 8. The lowest BCUT2D eigenvalue weighted by atomic mass is 9.87. The number of hydrogen-bond donors (Lipinski definition) is 2. The smallest absolute Gasteiger partial charge is 0.307 e. The summed E-state index contributed by atoms with van der Waals surface area (Å²) in [6, 6.07) is 9.93. The zero-order valence-electron chi connectivity index (χ0n) is 21.0. The zero-order chi connectivity index (χ0) is 26.9. The number of nitrogens with zero attached hydrogens (tertiary/aromatic N) is 3. The Morgan fingerprint density at radius 2 is 1.87 bits per heavy atom. The number of thiazole rings is 1. The van der Waals surface area contributed by atoms with Crippen molar-refractivity contribution in [3.05, 3.63) is 42.0 Å². The highest BCUT2D eigenvalue weighted by Crippen LogP contribution is 2.36. The normalized spacial score (nSPS) is 19.6. The van der Waals surface area contributed by atoms with E-state index in [1.807, 2.05) is 0 Å². The third-order valence-corrected chi connectivity index (χ3v) is 10.2. The Morgan fingerprint density at radius 3 is 2.53 bits per heavy atom. The van der Waals surface area contributed by atoms with E-state index in [0.717, 1.165) is 31.2 Å². The number of carbonyl (C=O) groups excluding carboxylic acids is 1. The molecule has 0 spiro atoms. The fourth-order valence-electron chi connectivity index (χ4n) is 5.30. The van der Waals surface area contributed by atoms with Crippen molar-refractivity contribution in [1.82, 2.24) is 14.3 Å². The Morgan fingerprint density at radius 1 is 1.13 bits per heavy atom. The van der Waals surface area contributed by atoms with Crippen LogP contribution in [0.2, 0.25) is 0 Å². The second-order valence-electron chi connectivity index (χ2n) is 9.88. The molecule has 1 aliphatic heterocycles. The monoisotopic (exact) mass is 558 g/mol. The standard InChI is InChI=1S/C26H30N4O6S2/c1-36-22-11-10-21-24(28-22)37-26(27-21)29-23(31)20(14-16-4-2-3-5-16)17-6-8-19(9-7-17)38(34,35)30-13-12-18(15-30)25(32)33/h6-11,16,18,20H,2-5,12-15H2,1H3,(H,32,33)(H,27,29,31). The van der Waals surface area contributed by atoms with Gasteiger partial charge in [0.1, 0.15) is 10.3 Å². The van der Waals surface area contributed by atoms with Crippen LogP contribution in [0.25, 0.3) is 10.3 Å². The van der Waals surface area contributed by atoms with Crippen molar-refractivity contribution >= 4 is 48.7 Å². The summed E-state index contributed by atoms with van der Waals surface area (Å²) in [6.45, 7) is 0.145. The predicted octanol–water partition coefficient (Wildman–Crippen LogP) is 4.10. The van der Waals surface area contributed by atoms with Crippen molar-refractivity contribution in [3.8, 4) is 5.88 Å². The minimum Gasteiger partial charge on any atom is -0.481 e. The van der Waals surface area contributed by atoms with Crippen LogP contribution in [0.3, 0.4) is 0 Å². The van der Waals surface area contributed by atoms with Crippen molar-refractivity contribution in [2.24, 2.45) is 11.8 Å². The maximum Gasteiger partial charge on any atom is 0.307 e. The van der Waals surface area contributed by atoms with Crippen molar-refractivity contribution in [2.45, 2.75) is 49.3 Å². The van der Waals surface area contributed by atoms with E-state index in [1.54, 1.807) is 31.4 Å². The summed E-state index contributed by atoms with van der Waals surface area (Å²) in [7, 11) is -2.27. The summed E-state index contributed by atoms with van der Waals surface area (Å²) in [6.07, 6.45) is 5.40. The van der Waals surface area contributed by atoms with Gasteiger partial charge in [0.05, 0.1) is 23.8 Å². The van der Waals surface area contributed by atoms with E-state index in [4.69, 9.17) is 4.74 Å². The average molecular weight is 559 g/mol. The first-order chi connectivity index (χ1) is 18.2. The Hall–Kier alpha value is -3.09. The highest BCUT2D eigenvalue weighted by atomic mass is 32.2. The minimum absolute atomic E-state index is 0.0327. The number of anilines is 1. The molecule has 2 N–H and O–H groups in total. The van der Waals surface area contributed by atoms with E-state index in [9.17, 15) is 23.1 Å². The van der Waals surface area contributed by atoms with E-state index in [0.29, 0.717) is 40.1 Å². The molecule has 12 heteroatoms. The van der Waals surface area contributed by atoms with Crippen molar-refractivity contribution in [1.29, 1.82) is 0 Å². The van der Waals surface area contributed by atoms with Gasteiger partial charge in [0.25, 0.3) is 0 Å². The molecule has 2 fully saturated rings. The number of fused-ring (bicyclic) bond motifs is 1. The Labute approximate surface area is 225 Å². The van der Waals surface area contributed by atoms with Crippen molar-refractivity contribution < 1.29 is 27.9 Å². The molecule has 0 radical (unpaired) electrons. The van der Waals surface area contributed by atoms with Crippen LogP contribution in [0, 0.1) is 11.8 Å². The van der Waals surface area contributed by atoms with Crippen LogP contribution >= 0.6 is 11.3 Å². The number of benzene rings is 1. The average Bonchev–Trinajstić information content (AvgIpc) is 3.68. The quantitative estimate of drug-likeness (QED) is 0.400. The zero-order valence-corrected chi connectivity index (χ0v) is 22.6. The highest BCUT2D eigenvalue weighted by molar-refractivity contribution is 7.89. The van der Waals surface area contributed by atoms with Crippen LogP contribution in [0.15, 0.2) is 41.3 Å². The summed E-state index contributed by atoms with van der Waals surface area (Å²) in [5, 5.41) is 12.6. The number of carboxylic acid groups (broad SMARTS) is 1. The number of ether oxygens (including phenoxy) is 1. The van der Waals surface area contributed by atoms with Crippen LogP contribution in [0.1, 0.15) is 50.0 Å². The molecule has 3 heterocycles. The molecule has 5 rings (SSSR count). The number of methoxy groups -OCH3 is 1. The molecule has 2 atom stereocenters. The number of nitrogens with one attached hydrogen (secondary N) is 1. The van der Waals surface area contributed by atoms with Crippen LogP contribution in [0.5, 0.6) is 5.88 Å². The van der Waals surface area contributed by atoms with Gasteiger partial charge >= 0.3 is 5.97 Å². The minimum atomic E-state index is -3.82. The summed E-state index contributed by atoms with van der Waals surface area (Å²) in [5.74, 6) is -1.44. The molecular formula is C26H30N4O6S2. The number of carbonyl (C=O) groups is 2. The second kappa shape index (κ2) is 11.0. The number of pyridine rings is 1. The maximum atomic E-state index is 13.5. The lowest BCUT2D eigenvalue weighted by Crippen LogP contribution is -2.30. The van der Waals surface area contributed by atoms with Crippen LogP contribution in [-0.4, -0.2) is 59.9 Å². The van der Waals surface area contributed by atoms with Crippen LogP contribution < -0.4 is 10.1 Å². The molecule has 38 heavy (non-hydrogen) atoms. The number of carboxylic acids is 1. The first-order valence-electron chi connectivity index (χ1n) is 12.7. The molecular weight excluding hydrogens is 528 g/mol. The van der Waals surface area contributed by atoms with Gasteiger partial charge in [-0.05, 0) is 42.5 Å². The Balaban J connectivity index is 1.36. The Kier molecular flexibility index (Phi) is 7.64. The first-order valence-corrected chi connectivity index (χ1v) is 15.0. The summed E-state index contributed by atoms with van der Waals surface area (Å²) in [5.41, 5.74) is 1.40. The second-order valence-corrected chi connectivity index (χ2v) is 12.8. The molecule has 10 nitrogen and oxygen atoms in total. The van der Waals surface area contributed by atoms with Gasteiger partial charge in [0, 0.05) is 19.2 Å². The summed E-state index contributed by atoms with van der Waals surface area (Å²) in [4.78, 5) is 34.4. The fourth-order valence-corrected chi connectivity index (χ4v) is 7.64. The van der Waals surface area contributed by atoms with Crippen LogP contribution in [0.4, 0.5) is 5.13 Å². The SMILES string of the molecule is COc1ccc2nc(NC(=O)C(CC3CCCC3)c3ccc(S(=O)(=O)N4CCC(C(=O)O)C4)cc3)sc2n1. The van der Waals surface area contributed by atoms with Gasteiger partial charge in [-0.15, -0.1) is 0 Å². The predicted molar refractivity (Wildman–Crippen MR) is 143 cm³/mol. The maximum absolute atomic E-state index is 13.5. The molecule has 202 valence electrons. The molecule has 1 aromatic carbocycles. The number of aromatic nitrogens is 2. The molecule has 2 aromatic heterocycles. The number of sulfonamides is 1. The van der Waals surface area contributed by atoms with E-state index in [2.05, 4.69) is 15.3 Å². The van der Waals surface area contributed by atoms with Gasteiger partial charge in [-0.1, -0.05) is 49.2 Å². The topological polar surface area (TPSA) is 139 Å². The molecule has 1 amide bonds. The molecule has 3 aromatic rings. The molecule has 0 bridgehead atoms. The van der Waals surface area contributed by atoms with Gasteiger partial charge in [-0.2, -0.15) is 4.31 Å². The van der Waals surface area contributed by atoms with E-state index in [-0.39, 0.29) is 23.9 Å². The largest absolute Gasteiger partial charge is 0.481 e. The number of rotatable bonds is 9. The third-order valence-electron chi connectivity index (χ3n) is 7.45. The number of aliphatic carboxylic acids is 1. The molecule has 1 saturated heterocycles. The number of amides is 1. The summed E-state index contributed by atoms with van der Waals surface area (Å²) < 4.78 is 32.6. The van der Waals surface area contributed by atoms with Gasteiger partial charge in [-0.3, -0.25) is 9.59 Å². The fraction of sp³-hybridized carbons (Fsp3) is 0.462. The van der Waals surface area contributed by atoms with Gasteiger partial charge in [0.2, 0.25) is 21.8 Å². The molecule has 2 unspecified atom stereocenters. The first kappa shape index (κ1) is 26.5. The van der Waals surface area contributed by atoms with Crippen molar-refractivity contribution in [3.63, 3.8) is 0 Å². The molecule has 1 saturated carbocycles. The van der Waals surface area contributed by atoms with Gasteiger partial charge < -0.3 is 15.2 Å².